The number of morpholine rings is 1. The van der Waals surface area contributed by atoms with E-state index in [0.717, 1.165) is 17.8 Å². The van der Waals surface area contributed by atoms with E-state index in [-0.39, 0.29) is 24.4 Å². The summed E-state index contributed by atoms with van der Waals surface area (Å²) in [5.74, 6) is 0.0583. The fraction of sp³-hybridized carbons (Fsp3) is 0.500. The lowest BCUT2D eigenvalue weighted by atomic mass is 10.1. The zero-order chi connectivity index (χ0) is 13.8. The third kappa shape index (κ3) is 4.35. The molecule has 1 fully saturated rings. The van der Waals surface area contributed by atoms with Crippen LogP contribution in [-0.2, 0) is 9.53 Å². The molecule has 20 heavy (non-hydrogen) atoms. The van der Waals surface area contributed by atoms with Crippen LogP contribution in [0.15, 0.2) is 18.2 Å². The Hall–Kier alpha value is -0.810. The highest BCUT2D eigenvalue weighted by molar-refractivity contribution is 6.31. The molecule has 1 aromatic carbocycles. The Bertz CT molecular complexity index is 462. The van der Waals surface area contributed by atoms with Gasteiger partial charge in [-0.1, -0.05) is 17.7 Å². The summed E-state index contributed by atoms with van der Waals surface area (Å²) in [6.07, 6.45) is 0.433. The number of amides is 1. The number of carbonyl (C=O) groups excluding carboxylic acids is 1. The number of anilines is 1. The van der Waals surface area contributed by atoms with E-state index in [1.165, 1.54) is 0 Å². The largest absolute Gasteiger partial charge is 0.378 e. The van der Waals surface area contributed by atoms with Crippen LogP contribution in [0.1, 0.15) is 12.0 Å². The van der Waals surface area contributed by atoms with E-state index < -0.39 is 0 Å². The molecule has 1 heterocycles. The number of aryl methyl sites for hydroxylation is 1. The van der Waals surface area contributed by atoms with Crippen LogP contribution in [-0.4, -0.2) is 38.8 Å². The predicted molar refractivity (Wildman–Crippen MR) is 84.1 cm³/mol. The molecule has 1 amide bonds. The molecule has 0 aromatic heterocycles. The minimum Gasteiger partial charge on any atom is -0.378 e. The summed E-state index contributed by atoms with van der Waals surface area (Å²) in [6.45, 7) is 4.05. The number of halogens is 2. The molecule has 1 aromatic rings. The molecule has 1 saturated heterocycles. The fourth-order valence-corrected chi connectivity index (χ4v) is 2.21. The minimum absolute atomic E-state index is 0. The number of nitrogens with one attached hydrogen (secondary N) is 1. The van der Waals surface area contributed by atoms with Gasteiger partial charge >= 0.3 is 0 Å². The van der Waals surface area contributed by atoms with Crippen molar-refractivity contribution in [2.75, 3.05) is 31.7 Å². The Kier molecular flexibility index (Phi) is 6.76. The van der Waals surface area contributed by atoms with Crippen LogP contribution >= 0.6 is 24.0 Å². The van der Waals surface area contributed by atoms with Gasteiger partial charge in [-0.2, -0.15) is 0 Å². The molecule has 1 atom stereocenters. The van der Waals surface area contributed by atoms with E-state index in [4.69, 9.17) is 16.3 Å². The van der Waals surface area contributed by atoms with Crippen LogP contribution in [0.3, 0.4) is 0 Å². The van der Waals surface area contributed by atoms with Crippen LogP contribution in [0.5, 0.6) is 0 Å². The van der Waals surface area contributed by atoms with Crippen molar-refractivity contribution in [1.29, 1.82) is 0 Å². The third-order valence-electron chi connectivity index (χ3n) is 3.34. The van der Waals surface area contributed by atoms with Crippen molar-refractivity contribution in [1.82, 2.24) is 5.32 Å². The smallest absolute Gasteiger partial charge is 0.228 e. The van der Waals surface area contributed by atoms with E-state index in [2.05, 4.69) is 5.32 Å². The normalized spacial score (nSPS) is 18.2. The number of nitrogens with zero attached hydrogens (tertiary/aromatic N) is 1. The summed E-state index contributed by atoms with van der Waals surface area (Å²) in [6, 6.07) is 5.75. The zero-order valence-corrected chi connectivity index (χ0v) is 13.3. The highest BCUT2D eigenvalue weighted by Crippen LogP contribution is 2.23. The zero-order valence-electron chi connectivity index (χ0n) is 11.7. The van der Waals surface area contributed by atoms with Crippen LogP contribution in [0.4, 0.5) is 5.69 Å². The first-order valence-electron chi connectivity index (χ1n) is 6.42. The Labute approximate surface area is 130 Å². The number of hydrogen-bond donors (Lipinski definition) is 1. The van der Waals surface area contributed by atoms with E-state index in [1.807, 2.05) is 25.1 Å². The van der Waals surface area contributed by atoms with Gasteiger partial charge in [0.1, 0.15) is 0 Å². The quantitative estimate of drug-likeness (QED) is 0.930. The highest BCUT2D eigenvalue weighted by atomic mass is 35.5. The van der Waals surface area contributed by atoms with E-state index in [1.54, 1.807) is 11.9 Å². The summed E-state index contributed by atoms with van der Waals surface area (Å²) in [5.41, 5.74) is 1.82. The summed E-state index contributed by atoms with van der Waals surface area (Å²) in [7, 11) is 1.77. The third-order valence-corrected chi connectivity index (χ3v) is 3.74. The van der Waals surface area contributed by atoms with Gasteiger partial charge in [0.2, 0.25) is 5.91 Å². The van der Waals surface area contributed by atoms with Crippen molar-refractivity contribution in [3.05, 3.63) is 28.8 Å². The molecule has 0 aliphatic carbocycles. The van der Waals surface area contributed by atoms with Gasteiger partial charge in [0.05, 0.1) is 13.2 Å². The van der Waals surface area contributed by atoms with Gasteiger partial charge in [0, 0.05) is 36.8 Å². The second-order valence-electron chi connectivity index (χ2n) is 4.82. The van der Waals surface area contributed by atoms with Crippen molar-refractivity contribution in [3.8, 4) is 0 Å². The minimum atomic E-state index is 0. The molecule has 0 radical (unpaired) electrons. The van der Waals surface area contributed by atoms with Gasteiger partial charge in [0.15, 0.2) is 0 Å². The molecule has 0 saturated carbocycles. The summed E-state index contributed by atoms with van der Waals surface area (Å²) in [5, 5.41) is 3.96. The first-order valence-corrected chi connectivity index (χ1v) is 6.79. The second kappa shape index (κ2) is 7.84. The van der Waals surface area contributed by atoms with Crippen molar-refractivity contribution in [3.63, 3.8) is 0 Å². The maximum Gasteiger partial charge on any atom is 0.228 e. The Balaban J connectivity index is 0.00000200. The van der Waals surface area contributed by atoms with Gasteiger partial charge in [0.25, 0.3) is 0 Å². The predicted octanol–water partition coefficient (Wildman–Crippen LogP) is 2.41. The van der Waals surface area contributed by atoms with E-state index in [0.29, 0.717) is 24.7 Å². The molecule has 6 heteroatoms. The van der Waals surface area contributed by atoms with Crippen LogP contribution in [0.2, 0.25) is 5.02 Å². The Morgan fingerprint density at radius 1 is 1.55 bits per heavy atom. The average molecular weight is 319 g/mol. The van der Waals surface area contributed by atoms with Crippen molar-refractivity contribution >= 4 is 35.6 Å². The van der Waals surface area contributed by atoms with Crippen molar-refractivity contribution in [2.24, 2.45) is 0 Å². The van der Waals surface area contributed by atoms with Gasteiger partial charge in [-0.05, 0) is 24.6 Å². The second-order valence-corrected chi connectivity index (χ2v) is 5.22. The van der Waals surface area contributed by atoms with Crippen LogP contribution < -0.4 is 10.2 Å². The molecule has 112 valence electrons. The van der Waals surface area contributed by atoms with E-state index in [9.17, 15) is 4.79 Å². The number of hydrogen-bond acceptors (Lipinski definition) is 3. The van der Waals surface area contributed by atoms with Gasteiger partial charge in [-0.15, -0.1) is 12.4 Å². The summed E-state index contributed by atoms with van der Waals surface area (Å²) < 4.78 is 5.35. The first kappa shape index (κ1) is 17.2. The molecule has 1 aliphatic rings. The number of ether oxygens (including phenoxy) is 1. The lowest BCUT2D eigenvalue weighted by Crippen LogP contribution is -2.44. The SMILES string of the molecule is Cc1ccc(N(C)C(=O)CC2COCCN2)cc1Cl.Cl. The Morgan fingerprint density at radius 2 is 2.30 bits per heavy atom. The molecule has 1 unspecified atom stereocenters. The number of carbonyl (C=O) groups is 1. The topological polar surface area (TPSA) is 41.6 Å². The van der Waals surface area contributed by atoms with Crippen molar-refractivity contribution < 1.29 is 9.53 Å². The fourth-order valence-electron chi connectivity index (χ4n) is 2.03. The molecule has 1 N–H and O–H groups in total. The number of rotatable bonds is 3. The molecule has 0 bridgehead atoms. The number of benzene rings is 1. The van der Waals surface area contributed by atoms with Gasteiger partial charge < -0.3 is 15.0 Å². The molecule has 0 spiro atoms. The molecule has 1 aliphatic heterocycles. The lowest BCUT2D eigenvalue weighted by Gasteiger charge is -2.26. The van der Waals surface area contributed by atoms with Gasteiger partial charge in [-0.25, -0.2) is 0 Å². The highest BCUT2D eigenvalue weighted by Gasteiger charge is 2.20. The molecule has 2 rings (SSSR count). The standard InChI is InChI=1S/C14H19ClN2O2.ClH/c1-10-3-4-12(8-13(10)15)17(2)14(18)7-11-9-19-6-5-16-11;/h3-4,8,11,16H,5-7,9H2,1-2H3;1H. The summed E-state index contributed by atoms with van der Waals surface area (Å²) in [4.78, 5) is 13.8. The van der Waals surface area contributed by atoms with Crippen LogP contribution in [0, 0.1) is 6.92 Å². The molecule has 4 nitrogen and oxygen atoms in total. The lowest BCUT2D eigenvalue weighted by molar-refractivity contribution is -0.119. The molecular formula is C14H20Cl2N2O2. The van der Waals surface area contributed by atoms with E-state index >= 15 is 0 Å². The maximum atomic E-state index is 12.2. The van der Waals surface area contributed by atoms with Crippen molar-refractivity contribution in [2.45, 2.75) is 19.4 Å². The monoisotopic (exact) mass is 318 g/mol. The first-order chi connectivity index (χ1) is 9.08. The van der Waals surface area contributed by atoms with Gasteiger partial charge in [-0.3, -0.25) is 4.79 Å². The maximum absolute atomic E-state index is 12.2. The molecular weight excluding hydrogens is 299 g/mol. The summed E-state index contributed by atoms with van der Waals surface area (Å²) >= 11 is 6.08. The average Bonchev–Trinajstić information content (AvgIpc) is 2.42. The van der Waals surface area contributed by atoms with Crippen LogP contribution in [0.25, 0.3) is 0 Å². The Morgan fingerprint density at radius 3 is 2.90 bits per heavy atom.